The topological polar surface area (TPSA) is 51.9 Å². The lowest BCUT2D eigenvalue weighted by molar-refractivity contribution is -0.116. The Morgan fingerprint density at radius 3 is 2.67 bits per heavy atom. The maximum atomic E-state index is 12.4. The van der Waals surface area contributed by atoms with Gasteiger partial charge in [0.25, 0.3) is 0 Å². The second kappa shape index (κ2) is 7.50. The van der Waals surface area contributed by atoms with Gasteiger partial charge in [0, 0.05) is 42.3 Å². The van der Waals surface area contributed by atoms with Crippen LogP contribution in [0.2, 0.25) is 0 Å². The van der Waals surface area contributed by atoms with Crippen LogP contribution in [0.3, 0.4) is 0 Å². The minimum atomic E-state index is 0.0204. The van der Waals surface area contributed by atoms with Crippen LogP contribution in [0.25, 0.3) is 10.9 Å². The van der Waals surface area contributed by atoms with E-state index in [1.807, 2.05) is 53.3 Å². The summed E-state index contributed by atoms with van der Waals surface area (Å²) in [6.45, 7) is 3.47. The third kappa shape index (κ3) is 3.92. The van der Waals surface area contributed by atoms with Gasteiger partial charge in [0.15, 0.2) is 0 Å². The van der Waals surface area contributed by atoms with E-state index < -0.39 is 0 Å². The summed E-state index contributed by atoms with van der Waals surface area (Å²) in [7, 11) is 0. The second-order valence-corrected chi connectivity index (χ2v) is 6.69. The number of carbonyl (C=O) groups excluding carboxylic acids is 1. The van der Waals surface area contributed by atoms with Gasteiger partial charge in [-0.2, -0.15) is 5.10 Å². The van der Waals surface area contributed by atoms with Crippen LogP contribution < -0.4 is 5.32 Å². The van der Waals surface area contributed by atoms with E-state index in [0.29, 0.717) is 13.0 Å². The van der Waals surface area contributed by atoms with Crippen molar-refractivity contribution in [2.24, 2.45) is 0 Å². The standard InChI is InChI=1S/C22H22N4O/c1-17-15-19-5-2-3-6-21(19)26(17)14-11-22(27)24-20-9-7-18(8-10-20)16-25-13-4-12-23-25/h2-10,12-13,15H,11,14,16H2,1H3,(H,24,27). The Kier molecular flexibility index (Phi) is 4.75. The molecule has 136 valence electrons. The molecule has 5 heteroatoms. The molecular weight excluding hydrogens is 336 g/mol. The van der Waals surface area contributed by atoms with Crippen LogP contribution in [0, 0.1) is 6.92 Å². The lowest BCUT2D eigenvalue weighted by Crippen LogP contribution is -2.15. The number of aryl methyl sites for hydroxylation is 2. The summed E-state index contributed by atoms with van der Waals surface area (Å²) in [4.78, 5) is 12.4. The molecule has 0 unspecified atom stereocenters. The van der Waals surface area contributed by atoms with E-state index in [0.717, 1.165) is 17.8 Å². The predicted octanol–water partition coefficient (Wildman–Crippen LogP) is 4.22. The molecule has 0 aliphatic carbocycles. The first-order chi connectivity index (χ1) is 13.2. The highest BCUT2D eigenvalue weighted by Gasteiger charge is 2.08. The van der Waals surface area contributed by atoms with E-state index in [9.17, 15) is 4.79 Å². The Morgan fingerprint density at radius 1 is 1.07 bits per heavy atom. The number of benzene rings is 2. The normalized spacial score (nSPS) is 11.0. The number of amides is 1. The summed E-state index contributed by atoms with van der Waals surface area (Å²) in [5.41, 5.74) is 4.31. The maximum Gasteiger partial charge on any atom is 0.226 e. The number of hydrogen-bond donors (Lipinski definition) is 1. The van der Waals surface area contributed by atoms with Crippen molar-refractivity contribution in [1.29, 1.82) is 0 Å². The van der Waals surface area contributed by atoms with Crippen LogP contribution in [0.1, 0.15) is 17.7 Å². The minimum absolute atomic E-state index is 0.0204. The van der Waals surface area contributed by atoms with Crippen LogP contribution in [-0.2, 0) is 17.9 Å². The van der Waals surface area contributed by atoms with Crippen molar-refractivity contribution in [3.05, 3.63) is 84.3 Å². The number of anilines is 1. The van der Waals surface area contributed by atoms with Crippen molar-refractivity contribution in [2.75, 3.05) is 5.32 Å². The average Bonchev–Trinajstić information content (AvgIpc) is 3.28. The van der Waals surface area contributed by atoms with Gasteiger partial charge in [0.05, 0.1) is 6.54 Å². The molecule has 0 saturated carbocycles. The van der Waals surface area contributed by atoms with E-state index in [-0.39, 0.29) is 5.91 Å². The van der Waals surface area contributed by atoms with E-state index in [4.69, 9.17) is 0 Å². The summed E-state index contributed by atoms with van der Waals surface area (Å²) < 4.78 is 4.07. The highest BCUT2D eigenvalue weighted by Crippen LogP contribution is 2.19. The third-order valence-electron chi connectivity index (χ3n) is 4.72. The molecule has 0 fully saturated rings. The second-order valence-electron chi connectivity index (χ2n) is 6.69. The zero-order valence-electron chi connectivity index (χ0n) is 15.3. The fourth-order valence-corrected chi connectivity index (χ4v) is 3.36. The van der Waals surface area contributed by atoms with Gasteiger partial charge in [-0.15, -0.1) is 0 Å². The molecule has 27 heavy (non-hydrogen) atoms. The monoisotopic (exact) mass is 358 g/mol. The van der Waals surface area contributed by atoms with E-state index >= 15 is 0 Å². The molecule has 0 spiro atoms. The van der Waals surface area contributed by atoms with Gasteiger partial charge in [0.1, 0.15) is 0 Å². The van der Waals surface area contributed by atoms with Crippen LogP contribution in [0.5, 0.6) is 0 Å². The summed E-state index contributed by atoms with van der Waals surface area (Å²) in [5.74, 6) is 0.0204. The number of rotatable bonds is 6. The summed E-state index contributed by atoms with van der Waals surface area (Å²) in [5, 5.41) is 8.40. The predicted molar refractivity (Wildman–Crippen MR) is 108 cm³/mol. The average molecular weight is 358 g/mol. The van der Waals surface area contributed by atoms with Crippen LogP contribution in [0.15, 0.2) is 73.1 Å². The van der Waals surface area contributed by atoms with Crippen molar-refractivity contribution >= 4 is 22.5 Å². The molecule has 2 heterocycles. The van der Waals surface area contributed by atoms with Crippen LogP contribution in [0.4, 0.5) is 5.69 Å². The number of para-hydroxylation sites is 1. The zero-order chi connectivity index (χ0) is 18.6. The molecule has 4 aromatic rings. The first kappa shape index (κ1) is 17.1. The van der Waals surface area contributed by atoms with Crippen molar-refractivity contribution in [1.82, 2.24) is 14.3 Å². The van der Waals surface area contributed by atoms with Gasteiger partial charge in [-0.1, -0.05) is 30.3 Å². The number of nitrogens with one attached hydrogen (secondary N) is 1. The molecule has 5 nitrogen and oxygen atoms in total. The van der Waals surface area contributed by atoms with Gasteiger partial charge in [0.2, 0.25) is 5.91 Å². The van der Waals surface area contributed by atoms with E-state index in [2.05, 4.69) is 40.1 Å². The summed E-state index contributed by atoms with van der Waals surface area (Å²) >= 11 is 0. The summed E-state index contributed by atoms with van der Waals surface area (Å²) in [6.07, 6.45) is 4.14. The Bertz CT molecular complexity index is 1050. The van der Waals surface area contributed by atoms with Crippen molar-refractivity contribution < 1.29 is 4.79 Å². The van der Waals surface area contributed by atoms with Gasteiger partial charge >= 0.3 is 0 Å². The molecule has 1 amide bonds. The van der Waals surface area contributed by atoms with Crippen molar-refractivity contribution in [3.63, 3.8) is 0 Å². The third-order valence-corrected chi connectivity index (χ3v) is 4.72. The largest absolute Gasteiger partial charge is 0.344 e. The van der Waals surface area contributed by atoms with E-state index in [1.54, 1.807) is 6.20 Å². The first-order valence-corrected chi connectivity index (χ1v) is 9.10. The Hall–Kier alpha value is -3.34. The fourth-order valence-electron chi connectivity index (χ4n) is 3.36. The van der Waals surface area contributed by atoms with Gasteiger partial charge < -0.3 is 9.88 Å². The fraction of sp³-hybridized carbons (Fsp3) is 0.182. The Labute approximate surface area is 158 Å². The van der Waals surface area contributed by atoms with Gasteiger partial charge in [-0.25, -0.2) is 0 Å². The smallest absolute Gasteiger partial charge is 0.226 e. The molecule has 0 bridgehead atoms. The number of carbonyl (C=O) groups is 1. The molecule has 0 aliphatic heterocycles. The number of hydrogen-bond acceptors (Lipinski definition) is 2. The molecule has 0 saturated heterocycles. The highest BCUT2D eigenvalue weighted by atomic mass is 16.1. The molecule has 0 atom stereocenters. The first-order valence-electron chi connectivity index (χ1n) is 9.10. The molecule has 0 radical (unpaired) electrons. The molecule has 1 N–H and O–H groups in total. The lowest BCUT2D eigenvalue weighted by atomic mass is 10.2. The summed E-state index contributed by atoms with van der Waals surface area (Å²) in [6, 6.07) is 20.2. The molecule has 2 aromatic heterocycles. The van der Waals surface area contributed by atoms with Crippen LogP contribution in [-0.4, -0.2) is 20.3 Å². The number of fused-ring (bicyclic) bond motifs is 1. The molecule has 4 rings (SSSR count). The quantitative estimate of drug-likeness (QED) is 0.561. The minimum Gasteiger partial charge on any atom is -0.344 e. The maximum absolute atomic E-state index is 12.4. The molecular formula is C22H22N4O. The van der Waals surface area contributed by atoms with Crippen LogP contribution >= 0.6 is 0 Å². The number of nitrogens with zero attached hydrogens (tertiary/aromatic N) is 3. The lowest BCUT2D eigenvalue weighted by Gasteiger charge is -2.10. The zero-order valence-corrected chi connectivity index (χ0v) is 15.3. The molecule has 2 aromatic carbocycles. The van der Waals surface area contributed by atoms with Crippen molar-refractivity contribution in [2.45, 2.75) is 26.4 Å². The SMILES string of the molecule is Cc1cc2ccccc2n1CCC(=O)Nc1ccc(Cn2cccn2)cc1. The van der Waals surface area contributed by atoms with Crippen molar-refractivity contribution in [3.8, 4) is 0 Å². The van der Waals surface area contributed by atoms with E-state index in [1.165, 1.54) is 16.6 Å². The molecule has 0 aliphatic rings. The Morgan fingerprint density at radius 2 is 1.89 bits per heavy atom. The number of aromatic nitrogens is 3. The van der Waals surface area contributed by atoms with Gasteiger partial charge in [-0.05, 0) is 48.2 Å². The highest BCUT2D eigenvalue weighted by molar-refractivity contribution is 5.90. The van der Waals surface area contributed by atoms with Gasteiger partial charge in [-0.3, -0.25) is 9.48 Å². The Balaban J connectivity index is 1.35.